The summed E-state index contributed by atoms with van der Waals surface area (Å²) in [7, 11) is 5.08. The molecule has 288 valence electrons. The largest absolute Gasteiger partial charge is 0.504 e. The number of esters is 1. The number of carbonyl (C=O) groups excluding carboxylic acids is 1. The monoisotopic (exact) mass is 761 g/mol. The fraction of sp³-hybridized carbons (Fsp3) is 0.525. The fourth-order valence-electron chi connectivity index (χ4n) is 10.1. The zero-order valence-electron chi connectivity index (χ0n) is 31.4. The van der Waals surface area contributed by atoms with Crippen LogP contribution in [0.3, 0.4) is 0 Å². The zero-order valence-corrected chi connectivity index (χ0v) is 32.2. The number of aromatic hydroxyl groups is 2. The van der Waals surface area contributed by atoms with E-state index >= 15 is 0 Å². The minimum Gasteiger partial charge on any atom is -0.504 e. The smallest absolute Gasteiger partial charge is 0.331 e. The molecule has 1 spiro atoms. The Morgan fingerprint density at radius 1 is 1.02 bits per heavy atom. The van der Waals surface area contributed by atoms with Gasteiger partial charge in [-0.1, -0.05) is 13.0 Å². The number of methoxy groups -OCH3 is 2. The summed E-state index contributed by atoms with van der Waals surface area (Å²) in [6.07, 6.45) is 0.911. The molecule has 0 aromatic heterocycles. The van der Waals surface area contributed by atoms with Crippen molar-refractivity contribution in [2.24, 2.45) is 0 Å². The molecule has 7 aliphatic rings. The van der Waals surface area contributed by atoms with Crippen molar-refractivity contribution in [2.75, 3.05) is 53.6 Å². The third-order valence-electron chi connectivity index (χ3n) is 12.5. The highest BCUT2D eigenvalue weighted by Crippen LogP contribution is 2.64. The topological polar surface area (TPSA) is 152 Å². The summed E-state index contributed by atoms with van der Waals surface area (Å²) >= 11 is 1.59. The molecule has 0 radical (unpaired) electrons. The van der Waals surface area contributed by atoms with Crippen LogP contribution in [-0.4, -0.2) is 103 Å². The van der Waals surface area contributed by atoms with Gasteiger partial charge < -0.3 is 43.7 Å². The van der Waals surface area contributed by atoms with Gasteiger partial charge in [0.15, 0.2) is 40.0 Å². The first kappa shape index (κ1) is 35.6. The number of hydrogen-bond donors (Lipinski definition) is 4. The molecule has 3 aromatic rings. The van der Waals surface area contributed by atoms with Gasteiger partial charge in [-0.25, -0.2) is 4.79 Å². The van der Waals surface area contributed by atoms with E-state index in [1.165, 1.54) is 7.11 Å². The van der Waals surface area contributed by atoms with E-state index in [0.29, 0.717) is 54.6 Å². The van der Waals surface area contributed by atoms with Gasteiger partial charge in [-0.15, -0.1) is 11.8 Å². The predicted octanol–water partition coefficient (Wildman–Crippen LogP) is 4.28. The minimum atomic E-state index is -1.29. The number of carbonyl (C=O) groups is 1. The highest BCUT2D eigenvalue weighted by atomic mass is 32.2. The molecule has 2 saturated heterocycles. The molecule has 14 heteroatoms. The Balaban J connectivity index is 1.31. The van der Waals surface area contributed by atoms with Crippen molar-refractivity contribution in [3.05, 3.63) is 62.7 Å². The van der Waals surface area contributed by atoms with Crippen LogP contribution < -0.4 is 29.0 Å². The first-order chi connectivity index (χ1) is 26.1. The van der Waals surface area contributed by atoms with E-state index in [-0.39, 0.29) is 42.4 Å². The maximum absolute atomic E-state index is 14.7. The van der Waals surface area contributed by atoms with Gasteiger partial charge in [0, 0.05) is 40.6 Å². The minimum absolute atomic E-state index is 0.0114. The first-order valence-corrected chi connectivity index (χ1v) is 19.7. The average molecular weight is 762 g/mol. The number of aryl methyl sites for hydroxylation is 1. The number of ether oxygens (including phenoxy) is 6. The van der Waals surface area contributed by atoms with Gasteiger partial charge in [0.2, 0.25) is 6.79 Å². The number of nitrogens with one attached hydrogen (secondary N) is 1. The summed E-state index contributed by atoms with van der Waals surface area (Å²) in [4.78, 5) is 19.0. The Bertz CT molecular complexity index is 2060. The van der Waals surface area contributed by atoms with Crippen molar-refractivity contribution in [2.45, 2.75) is 81.2 Å². The first-order valence-electron chi connectivity index (χ1n) is 18.7. The summed E-state index contributed by atoms with van der Waals surface area (Å²) in [6.45, 7) is 6.86. The van der Waals surface area contributed by atoms with Crippen LogP contribution in [0.4, 0.5) is 0 Å². The third-order valence-corrected chi connectivity index (χ3v) is 13.9. The molecule has 7 aliphatic heterocycles. The molecule has 7 heterocycles. The Hall–Kier alpha value is -4.08. The standard InChI is InChI=1S/C40H47N3O10S/c1-7-10-50-34-19(3)35-36(53-17-52-35)28-24-15-51-39(47)40(22-14-26(48-5)25(44)13-20(22)8-9-41-40)16-54-37(29(28)34)31-30-27-21(11-18(2)33(49-6)32(27)45)12-23(42(30)4)38(46)43(24)31/h11,13-14,23-24,30-31,37-38,41,44-46H,7-10,12,15-17H2,1-6H3/t23-,24-,30+,31?,37+,38-,40+/m0/s1. The maximum atomic E-state index is 14.7. The number of thioether (sulfide) groups is 1. The highest BCUT2D eigenvalue weighted by Gasteiger charge is 2.61. The lowest BCUT2D eigenvalue weighted by Crippen LogP contribution is -2.70. The lowest BCUT2D eigenvalue weighted by atomic mass is 9.73. The van der Waals surface area contributed by atoms with Crippen molar-refractivity contribution in [1.29, 1.82) is 0 Å². The van der Waals surface area contributed by atoms with Crippen LogP contribution in [0.1, 0.15) is 75.2 Å². The Kier molecular flexibility index (Phi) is 8.58. The van der Waals surface area contributed by atoms with E-state index in [1.54, 1.807) is 31.0 Å². The van der Waals surface area contributed by atoms with Crippen LogP contribution in [0.5, 0.6) is 40.2 Å². The van der Waals surface area contributed by atoms with Crippen LogP contribution in [0, 0.1) is 13.8 Å². The molecule has 54 heavy (non-hydrogen) atoms. The number of benzene rings is 3. The molecule has 0 amide bonds. The molecule has 0 saturated carbocycles. The van der Waals surface area contributed by atoms with Crippen LogP contribution in [0.15, 0.2) is 18.2 Å². The van der Waals surface area contributed by atoms with Crippen LogP contribution in [0.25, 0.3) is 0 Å². The maximum Gasteiger partial charge on any atom is 0.331 e. The van der Waals surface area contributed by atoms with Crippen LogP contribution in [0.2, 0.25) is 0 Å². The SMILES string of the molecule is CCCOc1c(C)c2c(c3c1[C@H]1SC[C@]4(NCCc5cc(O)c(OC)cc54)C(=O)OC[C@@H]3N3C1[C@H]1c4c(cc(C)c(OC)c4O)C[C@@H]([C@@H]3O)N1C)OCO2. The Morgan fingerprint density at radius 3 is 2.57 bits per heavy atom. The number of fused-ring (bicyclic) bond motifs is 9. The normalized spacial score (nSPS) is 29.5. The quantitative estimate of drug-likeness (QED) is 0.274. The Morgan fingerprint density at radius 2 is 1.81 bits per heavy atom. The summed E-state index contributed by atoms with van der Waals surface area (Å²) < 4.78 is 36.8. The zero-order chi connectivity index (χ0) is 37.8. The summed E-state index contributed by atoms with van der Waals surface area (Å²) in [5.74, 6) is 2.45. The number of rotatable bonds is 5. The number of aliphatic hydroxyl groups excluding tert-OH is 1. The molecule has 7 atom stereocenters. The van der Waals surface area contributed by atoms with Crippen LogP contribution >= 0.6 is 11.8 Å². The van der Waals surface area contributed by atoms with E-state index in [0.717, 1.165) is 45.4 Å². The van der Waals surface area contributed by atoms with E-state index in [4.69, 9.17) is 28.4 Å². The van der Waals surface area contributed by atoms with Gasteiger partial charge in [0.05, 0.1) is 44.2 Å². The lowest BCUT2D eigenvalue weighted by Gasteiger charge is -2.62. The van der Waals surface area contributed by atoms with Crippen molar-refractivity contribution in [1.82, 2.24) is 15.1 Å². The van der Waals surface area contributed by atoms with Gasteiger partial charge in [-0.2, -0.15) is 0 Å². The summed E-state index contributed by atoms with van der Waals surface area (Å²) in [5, 5.41) is 38.5. The number of phenolic OH excluding ortho intramolecular Hbond substituents is 2. The number of phenols is 2. The van der Waals surface area contributed by atoms with Gasteiger partial charge in [-0.3, -0.25) is 15.1 Å². The predicted molar refractivity (Wildman–Crippen MR) is 199 cm³/mol. The van der Waals surface area contributed by atoms with Crippen molar-refractivity contribution < 1.29 is 48.5 Å². The summed E-state index contributed by atoms with van der Waals surface area (Å²) in [5.41, 5.74) is 5.33. The van der Waals surface area contributed by atoms with E-state index in [9.17, 15) is 20.1 Å². The van der Waals surface area contributed by atoms with Gasteiger partial charge in [0.25, 0.3) is 0 Å². The number of aliphatic hydroxyl groups is 1. The average Bonchev–Trinajstić information content (AvgIpc) is 3.65. The molecule has 4 bridgehead atoms. The van der Waals surface area contributed by atoms with E-state index in [1.807, 2.05) is 20.9 Å². The van der Waals surface area contributed by atoms with Crippen molar-refractivity contribution in [3.8, 4) is 40.2 Å². The number of piperazine rings is 1. The molecule has 1 unspecified atom stereocenters. The van der Waals surface area contributed by atoms with Crippen LogP contribution in [-0.2, 0) is 27.9 Å². The molecule has 0 aliphatic carbocycles. The van der Waals surface area contributed by atoms with E-state index < -0.39 is 41.1 Å². The van der Waals surface area contributed by atoms with Crippen molar-refractivity contribution >= 4 is 17.7 Å². The number of nitrogens with zero attached hydrogens (tertiary/aromatic N) is 2. The second-order valence-corrected chi connectivity index (χ2v) is 16.3. The van der Waals surface area contributed by atoms with Gasteiger partial charge in [0.1, 0.15) is 18.6 Å². The van der Waals surface area contributed by atoms with E-state index in [2.05, 4.69) is 28.1 Å². The third kappa shape index (κ3) is 4.82. The van der Waals surface area contributed by atoms with Crippen molar-refractivity contribution in [3.63, 3.8) is 0 Å². The molecule has 4 N–H and O–H groups in total. The second kappa shape index (κ2) is 13.0. The molecule has 2 fully saturated rings. The molecular weight excluding hydrogens is 715 g/mol. The molecule has 13 nitrogen and oxygen atoms in total. The Labute approximate surface area is 318 Å². The van der Waals surface area contributed by atoms with Gasteiger partial charge in [-0.05, 0) is 74.5 Å². The molecular formula is C40H47N3O10S. The highest BCUT2D eigenvalue weighted by molar-refractivity contribution is 7.99. The lowest BCUT2D eigenvalue weighted by molar-refractivity contribution is -0.186. The fourth-order valence-corrected chi connectivity index (χ4v) is 11.8. The summed E-state index contributed by atoms with van der Waals surface area (Å²) in [6, 6.07) is 3.66. The molecule has 10 rings (SSSR count). The second-order valence-electron chi connectivity index (χ2n) is 15.2. The molecule has 3 aromatic carbocycles. The number of hydrogen-bond acceptors (Lipinski definition) is 14. The number of likely N-dealkylation sites (N-methyl/N-ethyl adjacent to an activating group) is 1. The van der Waals surface area contributed by atoms with Gasteiger partial charge >= 0.3 is 5.97 Å².